The number of hydrogen-bond acceptors (Lipinski definition) is 4. The molecule has 1 aliphatic heterocycles. The fourth-order valence-corrected chi connectivity index (χ4v) is 1.96. The van der Waals surface area contributed by atoms with Gasteiger partial charge in [-0.1, -0.05) is 6.92 Å². The van der Waals surface area contributed by atoms with Gasteiger partial charge in [0.2, 0.25) is 0 Å². The second-order valence-electron chi connectivity index (χ2n) is 4.46. The van der Waals surface area contributed by atoms with E-state index in [0.29, 0.717) is 26.1 Å². The van der Waals surface area contributed by atoms with Crippen LogP contribution in [0.1, 0.15) is 40.0 Å². The highest BCUT2D eigenvalue weighted by molar-refractivity contribution is 5.80. The maximum Gasteiger partial charge on any atom is 0.326 e. The van der Waals surface area contributed by atoms with Crippen molar-refractivity contribution in [2.45, 2.75) is 51.2 Å². The predicted molar refractivity (Wildman–Crippen MR) is 57.4 cm³/mol. The average molecular weight is 215 g/mol. The molecule has 1 aliphatic rings. The monoisotopic (exact) mass is 215 g/mol. The van der Waals surface area contributed by atoms with Crippen molar-refractivity contribution < 1.29 is 14.3 Å². The summed E-state index contributed by atoms with van der Waals surface area (Å²) in [5, 5.41) is 0. The van der Waals surface area contributed by atoms with Crippen molar-refractivity contribution in [1.82, 2.24) is 0 Å². The smallest absolute Gasteiger partial charge is 0.326 e. The Morgan fingerprint density at radius 3 is 2.73 bits per heavy atom. The molecule has 2 unspecified atom stereocenters. The molecule has 0 bridgehead atoms. The van der Waals surface area contributed by atoms with E-state index in [2.05, 4.69) is 0 Å². The van der Waals surface area contributed by atoms with Gasteiger partial charge < -0.3 is 15.2 Å². The Labute approximate surface area is 91.1 Å². The molecule has 0 aromatic rings. The fraction of sp³-hybridized carbons (Fsp3) is 0.909. The van der Waals surface area contributed by atoms with Crippen molar-refractivity contribution in [2.24, 2.45) is 5.73 Å². The van der Waals surface area contributed by atoms with Gasteiger partial charge in [-0.15, -0.1) is 0 Å². The van der Waals surface area contributed by atoms with Crippen molar-refractivity contribution >= 4 is 5.97 Å². The van der Waals surface area contributed by atoms with Gasteiger partial charge in [0.1, 0.15) is 5.54 Å². The third-order valence-corrected chi connectivity index (χ3v) is 3.12. The zero-order chi connectivity index (χ0) is 11.5. The maximum absolute atomic E-state index is 11.7. The lowest BCUT2D eigenvalue weighted by molar-refractivity contribution is -0.162. The first-order chi connectivity index (χ1) is 6.96. The zero-order valence-electron chi connectivity index (χ0n) is 9.84. The SMILES string of the molecule is CCOC(=O)C1(N)CCOC(C)(CC)C1. The van der Waals surface area contributed by atoms with Gasteiger partial charge in [-0.3, -0.25) is 4.79 Å². The molecule has 4 nitrogen and oxygen atoms in total. The normalized spacial score (nSPS) is 36.3. The van der Waals surface area contributed by atoms with Gasteiger partial charge in [-0.05, 0) is 26.7 Å². The number of carbonyl (C=O) groups is 1. The predicted octanol–water partition coefficient (Wildman–Crippen LogP) is 1.23. The third-order valence-electron chi connectivity index (χ3n) is 3.12. The topological polar surface area (TPSA) is 61.5 Å². The lowest BCUT2D eigenvalue weighted by Gasteiger charge is -2.42. The molecular weight excluding hydrogens is 194 g/mol. The highest BCUT2D eigenvalue weighted by Gasteiger charge is 2.45. The fourth-order valence-electron chi connectivity index (χ4n) is 1.96. The van der Waals surface area contributed by atoms with Crippen LogP contribution >= 0.6 is 0 Å². The molecule has 4 heteroatoms. The molecule has 0 amide bonds. The lowest BCUT2D eigenvalue weighted by atomic mass is 9.80. The van der Waals surface area contributed by atoms with Crippen molar-refractivity contribution in [3.05, 3.63) is 0 Å². The Morgan fingerprint density at radius 2 is 2.20 bits per heavy atom. The molecule has 0 aliphatic carbocycles. The first-order valence-corrected chi connectivity index (χ1v) is 5.56. The van der Waals surface area contributed by atoms with Crippen LogP contribution < -0.4 is 5.73 Å². The molecule has 1 heterocycles. The average Bonchev–Trinajstić information content (AvgIpc) is 2.18. The molecule has 1 rings (SSSR count). The Morgan fingerprint density at radius 1 is 1.53 bits per heavy atom. The number of carbonyl (C=O) groups excluding carboxylic acids is 1. The van der Waals surface area contributed by atoms with E-state index < -0.39 is 5.54 Å². The lowest BCUT2D eigenvalue weighted by Crippen LogP contribution is -2.58. The molecular formula is C11H21NO3. The maximum atomic E-state index is 11.7. The highest BCUT2D eigenvalue weighted by atomic mass is 16.5. The van der Waals surface area contributed by atoms with E-state index in [4.69, 9.17) is 15.2 Å². The number of ether oxygens (including phenoxy) is 2. The number of rotatable bonds is 3. The van der Waals surface area contributed by atoms with E-state index in [-0.39, 0.29) is 11.6 Å². The molecule has 2 atom stereocenters. The van der Waals surface area contributed by atoms with Crippen molar-refractivity contribution in [1.29, 1.82) is 0 Å². The van der Waals surface area contributed by atoms with Gasteiger partial charge in [-0.2, -0.15) is 0 Å². The van der Waals surface area contributed by atoms with E-state index in [9.17, 15) is 4.79 Å². The summed E-state index contributed by atoms with van der Waals surface area (Å²) in [4.78, 5) is 11.7. The van der Waals surface area contributed by atoms with Crippen molar-refractivity contribution in [3.8, 4) is 0 Å². The summed E-state index contributed by atoms with van der Waals surface area (Å²) in [5.74, 6) is -0.298. The Balaban J connectivity index is 2.72. The second kappa shape index (κ2) is 4.49. The standard InChI is InChI=1S/C11H21NO3/c1-4-10(3)8-11(12,6-7-15-10)9(13)14-5-2/h4-8,12H2,1-3H3. The van der Waals surface area contributed by atoms with Crippen LogP contribution in [0.25, 0.3) is 0 Å². The largest absolute Gasteiger partial charge is 0.465 e. The second-order valence-corrected chi connectivity index (χ2v) is 4.46. The molecule has 0 saturated carbocycles. The van der Waals surface area contributed by atoms with Crippen LogP contribution in [-0.4, -0.2) is 30.3 Å². The Kier molecular flexibility index (Phi) is 3.73. The first kappa shape index (κ1) is 12.5. The summed E-state index contributed by atoms with van der Waals surface area (Å²) in [6.45, 7) is 6.73. The summed E-state index contributed by atoms with van der Waals surface area (Å²) in [6, 6.07) is 0. The zero-order valence-corrected chi connectivity index (χ0v) is 9.84. The van der Waals surface area contributed by atoms with E-state index >= 15 is 0 Å². The molecule has 0 aromatic heterocycles. The number of hydrogen-bond donors (Lipinski definition) is 1. The number of esters is 1. The van der Waals surface area contributed by atoms with Gasteiger partial charge >= 0.3 is 5.97 Å². The minimum Gasteiger partial charge on any atom is -0.465 e. The van der Waals surface area contributed by atoms with E-state index in [0.717, 1.165) is 6.42 Å². The van der Waals surface area contributed by atoms with E-state index in [1.54, 1.807) is 6.92 Å². The van der Waals surface area contributed by atoms with Crippen molar-refractivity contribution in [3.63, 3.8) is 0 Å². The Bertz CT molecular complexity index is 244. The van der Waals surface area contributed by atoms with Crippen LogP contribution in [0.4, 0.5) is 0 Å². The molecule has 15 heavy (non-hydrogen) atoms. The summed E-state index contributed by atoms with van der Waals surface area (Å²) < 4.78 is 10.7. The third kappa shape index (κ3) is 2.69. The molecule has 2 N–H and O–H groups in total. The summed E-state index contributed by atoms with van der Waals surface area (Å²) in [7, 11) is 0. The summed E-state index contributed by atoms with van der Waals surface area (Å²) in [6.07, 6.45) is 1.93. The van der Waals surface area contributed by atoms with Crippen LogP contribution in [0, 0.1) is 0 Å². The van der Waals surface area contributed by atoms with Gasteiger partial charge in [0, 0.05) is 13.0 Å². The first-order valence-electron chi connectivity index (χ1n) is 5.56. The van der Waals surface area contributed by atoms with Crippen LogP contribution in [0.2, 0.25) is 0 Å². The van der Waals surface area contributed by atoms with Gasteiger partial charge in [0.15, 0.2) is 0 Å². The van der Waals surface area contributed by atoms with E-state index in [1.807, 2.05) is 13.8 Å². The van der Waals surface area contributed by atoms with Crippen LogP contribution in [0.3, 0.4) is 0 Å². The Hall–Kier alpha value is -0.610. The van der Waals surface area contributed by atoms with Crippen LogP contribution in [-0.2, 0) is 14.3 Å². The minimum absolute atomic E-state index is 0.292. The molecule has 88 valence electrons. The van der Waals surface area contributed by atoms with Crippen LogP contribution in [0.15, 0.2) is 0 Å². The van der Waals surface area contributed by atoms with Crippen LogP contribution in [0.5, 0.6) is 0 Å². The highest BCUT2D eigenvalue weighted by Crippen LogP contribution is 2.33. The molecule has 0 spiro atoms. The summed E-state index contributed by atoms with van der Waals surface area (Å²) >= 11 is 0. The van der Waals surface area contributed by atoms with Gasteiger partial charge in [-0.25, -0.2) is 0 Å². The molecule has 1 saturated heterocycles. The molecule has 0 aromatic carbocycles. The van der Waals surface area contributed by atoms with Gasteiger partial charge in [0.25, 0.3) is 0 Å². The molecule has 0 radical (unpaired) electrons. The quantitative estimate of drug-likeness (QED) is 0.719. The van der Waals surface area contributed by atoms with Gasteiger partial charge in [0.05, 0.1) is 12.2 Å². The minimum atomic E-state index is -0.862. The molecule has 1 fully saturated rings. The summed E-state index contributed by atoms with van der Waals surface area (Å²) in [5.41, 5.74) is 4.93. The number of nitrogens with two attached hydrogens (primary N) is 1. The van der Waals surface area contributed by atoms with Crippen molar-refractivity contribution in [2.75, 3.05) is 13.2 Å². The van der Waals surface area contributed by atoms with E-state index in [1.165, 1.54) is 0 Å².